The highest BCUT2D eigenvalue weighted by Crippen LogP contribution is 2.37. The Morgan fingerprint density at radius 2 is 1.06 bits per heavy atom. The van der Waals surface area contributed by atoms with Crippen LogP contribution in [0.5, 0.6) is 11.5 Å². The highest BCUT2D eigenvalue weighted by molar-refractivity contribution is 7.86. The molecule has 0 aromatic heterocycles. The van der Waals surface area contributed by atoms with Crippen LogP contribution in [0.3, 0.4) is 0 Å². The lowest BCUT2D eigenvalue weighted by Crippen LogP contribution is -2.20. The highest BCUT2D eigenvalue weighted by Gasteiger charge is 2.26. The fourth-order valence-electron chi connectivity index (χ4n) is 3.14. The Hall–Kier alpha value is -2.58. The summed E-state index contributed by atoms with van der Waals surface area (Å²) in [4.78, 5) is 0. The van der Waals surface area contributed by atoms with Gasteiger partial charge in [0.2, 0.25) is 0 Å². The first kappa shape index (κ1) is 24.7. The first-order valence-corrected chi connectivity index (χ1v) is 13.2. The predicted molar refractivity (Wildman–Crippen MR) is 125 cm³/mol. The molecule has 2 aromatic carbocycles. The van der Waals surface area contributed by atoms with E-state index in [1.807, 2.05) is 64.1 Å². The summed E-state index contributed by atoms with van der Waals surface area (Å²) >= 11 is 0. The van der Waals surface area contributed by atoms with Crippen molar-refractivity contribution in [3.8, 4) is 11.5 Å². The third-order valence-corrected chi connectivity index (χ3v) is 5.60. The monoisotopic (exact) mass is 464 g/mol. The Labute approximate surface area is 185 Å². The van der Waals surface area contributed by atoms with Crippen molar-refractivity contribution in [2.75, 3.05) is 12.5 Å². The summed E-state index contributed by atoms with van der Waals surface area (Å²) in [6, 6.07) is 10.7. The van der Waals surface area contributed by atoms with E-state index in [9.17, 15) is 16.8 Å². The van der Waals surface area contributed by atoms with Gasteiger partial charge < -0.3 is 8.37 Å². The molecule has 0 aliphatic rings. The number of hydrogen-bond acceptors (Lipinski definition) is 6. The van der Waals surface area contributed by atoms with Gasteiger partial charge >= 0.3 is 20.2 Å². The molecule has 0 bridgehead atoms. The van der Waals surface area contributed by atoms with Crippen molar-refractivity contribution in [2.45, 2.75) is 33.1 Å². The molecule has 0 unspecified atom stereocenters. The molecule has 0 heterocycles. The second kappa shape index (κ2) is 9.28. The van der Waals surface area contributed by atoms with Crippen LogP contribution in [0.15, 0.2) is 48.6 Å². The normalized spacial score (nSPS) is 13.1. The van der Waals surface area contributed by atoms with Crippen molar-refractivity contribution in [2.24, 2.45) is 0 Å². The van der Waals surface area contributed by atoms with Crippen LogP contribution in [0.2, 0.25) is 0 Å². The molecule has 0 aliphatic heterocycles. The molecular weight excluding hydrogens is 436 g/mol. The standard InChI is InChI=1S/C23H28O6S2/c1-7-9-17-15-19(11-13-21(17)28-30(5,24)25)23(3,4)20-12-14-22(29-31(6,26)27)18(16-20)10-8-2/h7-16H,1-6H3/b9-7-,10-8-. The van der Waals surface area contributed by atoms with E-state index in [1.165, 1.54) is 0 Å². The summed E-state index contributed by atoms with van der Waals surface area (Å²) in [5.41, 5.74) is 2.68. The minimum Gasteiger partial charge on any atom is -0.382 e. The quantitative estimate of drug-likeness (QED) is 0.524. The summed E-state index contributed by atoms with van der Waals surface area (Å²) < 4.78 is 56.6. The van der Waals surface area contributed by atoms with E-state index in [-0.39, 0.29) is 11.5 Å². The molecule has 0 fully saturated rings. The molecule has 8 heteroatoms. The Bertz CT molecular complexity index is 1130. The maximum Gasteiger partial charge on any atom is 0.306 e. The van der Waals surface area contributed by atoms with Crippen molar-refractivity contribution in [1.29, 1.82) is 0 Å². The van der Waals surface area contributed by atoms with Gasteiger partial charge in [0.15, 0.2) is 0 Å². The SMILES string of the molecule is C/C=C\c1cc(C(C)(C)c2ccc(OS(C)(=O)=O)c(/C=C\C)c2)ccc1OS(C)(=O)=O. The second-order valence-corrected chi connectivity index (χ2v) is 10.9. The minimum atomic E-state index is -3.65. The van der Waals surface area contributed by atoms with Gasteiger partial charge in [-0.1, -0.05) is 50.3 Å². The van der Waals surface area contributed by atoms with Crippen LogP contribution in [0.4, 0.5) is 0 Å². The van der Waals surface area contributed by atoms with E-state index in [0.717, 1.165) is 23.6 Å². The van der Waals surface area contributed by atoms with Gasteiger partial charge in [-0.3, -0.25) is 0 Å². The summed E-state index contributed by atoms with van der Waals surface area (Å²) in [6.45, 7) is 7.74. The van der Waals surface area contributed by atoms with Crippen LogP contribution in [-0.4, -0.2) is 29.3 Å². The number of benzene rings is 2. The zero-order valence-electron chi connectivity index (χ0n) is 18.5. The molecule has 0 spiro atoms. The van der Waals surface area contributed by atoms with E-state index in [1.54, 1.807) is 24.3 Å². The smallest absolute Gasteiger partial charge is 0.306 e. The number of hydrogen-bond donors (Lipinski definition) is 0. The van der Waals surface area contributed by atoms with Crippen molar-refractivity contribution in [3.05, 3.63) is 70.8 Å². The van der Waals surface area contributed by atoms with E-state index in [0.29, 0.717) is 11.1 Å². The van der Waals surface area contributed by atoms with Gasteiger partial charge in [0.25, 0.3) is 0 Å². The Morgan fingerprint density at radius 1 is 0.710 bits per heavy atom. The summed E-state index contributed by atoms with van der Waals surface area (Å²) in [5.74, 6) is 0.512. The fraction of sp³-hybridized carbons (Fsp3) is 0.304. The van der Waals surface area contributed by atoms with Crippen molar-refractivity contribution < 1.29 is 25.2 Å². The number of rotatable bonds is 8. The number of allylic oxidation sites excluding steroid dienone is 2. The van der Waals surface area contributed by atoms with Gasteiger partial charge in [-0.15, -0.1) is 0 Å². The largest absolute Gasteiger partial charge is 0.382 e. The summed E-state index contributed by atoms with van der Waals surface area (Å²) in [6.07, 6.45) is 9.20. The van der Waals surface area contributed by atoms with E-state index in [4.69, 9.17) is 8.37 Å². The van der Waals surface area contributed by atoms with Crippen LogP contribution >= 0.6 is 0 Å². The molecule has 31 heavy (non-hydrogen) atoms. The average Bonchev–Trinajstić information content (AvgIpc) is 2.62. The zero-order valence-corrected chi connectivity index (χ0v) is 20.2. The first-order chi connectivity index (χ1) is 14.3. The lowest BCUT2D eigenvalue weighted by molar-refractivity contribution is 0.490. The van der Waals surface area contributed by atoms with Crippen molar-refractivity contribution in [3.63, 3.8) is 0 Å². The average molecular weight is 465 g/mol. The molecule has 2 rings (SSSR count). The third-order valence-electron chi connectivity index (χ3n) is 4.64. The predicted octanol–water partition coefficient (Wildman–Crippen LogP) is 4.76. The maximum atomic E-state index is 11.6. The Kier molecular flexibility index (Phi) is 7.39. The lowest BCUT2D eigenvalue weighted by atomic mass is 9.77. The van der Waals surface area contributed by atoms with Crippen LogP contribution in [0, 0.1) is 0 Å². The molecule has 0 radical (unpaired) electrons. The van der Waals surface area contributed by atoms with Crippen molar-refractivity contribution in [1.82, 2.24) is 0 Å². The third kappa shape index (κ3) is 6.70. The van der Waals surface area contributed by atoms with Gasteiger partial charge in [-0.25, -0.2) is 0 Å². The van der Waals surface area contributed by atoms with Gasteiger partial charge in [0, 0.05) is 16.5 Å². The topological polar surface area (TPSA) is 86.7 Å². The van der Waals surface area contributed by atoms with Crippen LogP contribution in [-0.2, 0) is 25.7 Å². The van der Waals surface area contributed by atoms with E-state index in [2.05, 4.69) is 0 Å². The molecule has 2 aromatic rings. The first-order valence-electron chi connectivity index (χ1n) is 9.60. The summed E-state index contributed by atoms with van der Waals surface area (Å²) in [5, 5.41) is 0. The summed E-state index contributed by atoms with van der Waals surface area (Å²) in [7, 11) is -7.31. The Morgan fingerprint density at radius 3 is 1.35 bits per heavy atom. The van der Waals surface area contributed by atoms with Gasteiger partial charge in [-0.05, 0) is 49.2 Å². The maximum absolute atomic E-state index is 11.6. The van der Waals surface area contributed by atoms with Gasteiger partial charge in [0.1, 0.15) is 11.5 Å². The molecule has 0 atom stereocenters. The minimum absolute atomic E-state index is 0.256. The van der Waals surface area contributed by atoms with Crippen molar-refractivity contribution >= 4 is 32.4 Å². The van der Waals surface area contributed by atoms with Gasteiger partial charge in [0.05, 0.1) is 12.5 Å². The molecule has 168 valence electrons. The lowest BCUT2D eigenvalue weighted by Gasteiger charge is -2.27. The molecule has 0 saturated carbocycles. The second-order valence-electron chi connectivity index (χ2n) is 7.71. The highest BCUT2D eigenvalue weighted by atomic mass is 32.2. The van der Waals surface area contributed by atoms with Crippen LogP contribution < -0.4 is 8.37 Å². The zero-order chi connectivity index (χ0) is 23.4. The van der Waals surface area contributed by atoms with E-state index >= 15 is 0 Å². The molecule has 0 saturated heterocycles. The molecule has 0 N–H and O–H groups in total. The van der Waals surface area contributed by atoms with Gasteiger partial charge in [-0.2, -0.15) is 16.8 Å². The molecular formula is C23H28O6S2. The fourth-order valence-corrected chi connectivity index (χ4v) is 4.09. The van der Waals surface area contributed by atoms with Crippen LogP contribution in [0.1, 0.15) is 49.9 Å². The van der Waals surface area contributed by atoms with Crippen LogP contribution in [0.25, 0.3) is 12.2 Å². The van der Waals surface area contributed by atoms with E-state index < -0.39 is 25.7 Å². The molecule has 0 aliphatic carbocycles. The molecule has 6 nitrogen and oxygen atoms in total. The Balaban J connectivity index is 2.58. The molecule has 0 amide bonds.